The molecule has 3 aromatic rings. The number of hydrogen-bond acceptors (Lipinski definition) is 5. The summed E-state index contributed by atoms with van der Waals surface area (Å²) in [6.07, 6.45) is 7.33. The zero-order valence-corrected chi connectivity index (χ0v) is 17.4. The Balaban J connectivity index is 1.53. The molecule has 0 saturated carbocycles. The van der Waals surface area contributed by atoms with Gasteiger partial charge in [-0.3, -0.25) is 14.7 Å². The lowest BCUT2D eigenvalue weighted by molar-refractivity contribution is 0.0794. The van der Waals surface area contributed by atoms with Gasteiger partial charge in [-0.15, -0.1) is 5.10 Å². The van der Waals surface area contributed by atoms with Gasteiger partial charge in [-0.1, -0.05) is 23.8 Å². The molecule has 7 heteroatoms. The number of fused-ring (bicyclic) bond motifs is 1. The predicted molar refractivity (Wildman–Crippen MR) is 113 cm³/mol. The molecule has 152 valence electrons. The molecule has 1 fully saturated rings. The van der Waals surface area contributed by atoms with Crippen molar-refractivity contribution < 1.29 is 4.79 Å². The van der Waals surface area contributed by atoms with Crippen LogP contribution < -0.4 is 5.32 Å². The maximum atomic E-state index is 12.8. The highest BCUT2D eigenvalue weighted by molar-refractivity contribution is 5.94. The molecule has 0 radical (unpaired) electrons. The minimum atomic E-state index is -0.180. The van der Waals surface area contributed by atoms with Crippen LogP contribution in [0.15, 0.2) is 36.7 Å². The van der Waals surface area contributed by atoms with Crippen molar-refractivity contribution in [3.8, 4) is 5.69 Å². The Morgan fingerprint density at radius 3 is 2.76 bits per heavy atom. The normalized spacial score (nSPS) is 15.6. The van der Waals surface area contributed by atoms with E-state index in [0.29, 0.717) is 12.2 Å². The van der Waals surface area contributed by atoms with Gasteiger partial charge in [-0.05, 0) is 58.8 Å². The van der Waals surface area contributed by atoms with Gasteiger partial charge >= 0.3 is 0 Å². The van der Waals surface area contributed by atoms with E-state index in [0.717, 1.165) is 35.2 Å². The first-order chi connectivity index (χ1) is 14.0. The highest BCUT2D eigenvalue weighted by Gasteiger charge is 2.29. The maximum Gasteiger partial charge on any atom is 0.273 e. The molecule has 1 aromatic carbocycles. The quantitative estimate of drug-likeness (QED) is 0.722. The molecule has 4 rings (SSSR count). The molecule has 0 bridgehead atoms. The number of carbonyl (C=O) groups excluding carboxylic acids is 1. The summed E-state index contributed by atoms with van der Waals surface area (Å²) in [5.41, 5.74) is 1.90. The van der Waals surface area contributed by atoms with Gasteiger partial charge in [-0.25, -0.2) is 4.68 Å². The third-order valence-electron chi connectivity index (χ3n) is 5.89. The molecule has 0 unspecified atom stereocenters. The van der Waals surface area contributed by atoms with Gasteiger partial charge in [0, 0.05) is 35.2 Å². The van der Waals surface area contributed by atoms with Crippen LogP contribution in [-0.2, 0) is 0 Å². The molecule has 1 N–H and O–H groups in total. The van der Waals surface area contributed by atoms with Crippen molar-refractivity contribution in [2.75, 3.05) is 19.6 Å². The first-order valence-corrected chi connectivity index (χ1v) is 10.3. The first kappa shape index (κ1) is 19.5. The Morgan fingerprint density at radius 2 is 1.97 bits per heavy atom. The molecule has 2 aromatic heterocycles. The van der Waals surface area contributed by atoms with E-state index in [1.54, 1.807) is 10.9 Å². The largest absolute Gasteiger partial charge is 0.349 e. The van der Waals surface area contributed by atoms with E-state index < -0.39 is 0 Å². The molecule has 7 nitrogen and oxygen atoms in total. The molecule has 29 heavy (non-hydrogen) atoms. The number of carbonyl (C=O) groups is 1. The zero-order chi connectivity index (χ0) is 20.4. The van der Waals surface area contributed by atoms with E-state index in [1.165, 1.54) is 19.3 Å². The highest BCUT2D eigenvalue weighted by Crippen LogP contribution is 2.23. The fourth-order valence-corrected chi connectivity index (χ4v) is 4.05. The van der Waals surface area contributed by atoms with Crippen molar-refractivity contribution in [3.63, 3.8) is 0 Å². The van der Waals surface area contributed by atoms with Crippen LogP contribution in [0.25, 0.3) is 16.5 Å². The van der Waals surface area contributed by atoms with E-state index >= 15 is 0 Å². The van der Waals surface area contributed by atoms with Crippen molar-refractivity contribution in [2.45, 2.75) is 45.6 Å². The van der Waals surface area contributed by atoms with Gasteiger partial charge in [0.2, 0.25) is 0 Å². The van der Waals surface area contributed by atoms with Crippen LogP contribution in [0.4, 0.5) is 0 Å². The first-order valence-electron chi connectivity index (χ1n) is 10.3. The minimum absolute atomic E-state index is 0.0807. The number of piperidine rings is 1. The minimum Gasteiger partial charge on any atom is -0.349 e. The number of amides is 1. The zero-order valence-electron chi connectivity index (χ0n) is 17.4. The summed E-state index contributed by atoms with van der Waals surface area (Å²) >= 11 is 0. The highest BCUT2D eigenvalue weighted by atomic mass is 16.2. The van der Waals surface area contributed by atoms with E-state index in [2.05, 4.69) is 39.4 Å². The second-order valence-electron chi connectivity index (χ2n) is 8.35. The second-order valence-corrected chi connectivity index (χ2v) is 8.35. The Labute approximate surface area is 171 Å². The van der Waals surface area contributed by atoms with Gasteiger partial charge in [0.25, 0.3) is 5.91 Å². The summed E-state index contributed by atoms with van der Waals surface area (Å²) in [5.74, 6) is -0.180. The number of aromatic nitrogens is 4. The lowest BCUT2D eigenvalue weighted by atomic mass is 9.98. The number of rotatable bonds is 5. The van der Waals surface area contributed by atoms with Crippen LogP contribution >= 0.6 is 0 Å². The molecule has 1 saturated heterocycles. The number of pyridine rings is 1. The molecule has 1 aliphatic rings. The van der Waals surface area contributed by atoms with Crippen molar-refractivity contribution in [1.82, 2.24) is 30.2 Å². The standard InChI is InChI=1S/C22H28N6O/c1-16-20(21(29)24-15-22(2,3)27-12-5-4-6-13-27)25-26-28(16)19-9-7-8-17-14-23-11-10-18(17)19/h7-11,14H,4-6,12-13,15H2,1-3H3,(H,24,29). The lowest BCUT2D eigenvalue weighted by Crippen LogP contribution is -2.53. The van der Waals surface area contributed by atoms with Crippen LogP contribution in [0.1, 0.15) is 49.3 Å². The molecule has 0 aliphatic carbocycles. The van der Waals surface area contributed by atoms with Crippen molar-refractivity contribution in [2.24, 2.45) is 0 Å². The maximum absolute atomic E-state index is 12.8. The topological polar surface area (TPSA) is 75.9 Å². The van der Waals surface area contributed by atoms with Gasteiger partial charge < -0.3 is 5.32 Å². The summed E-state index contributed by atoms with van der Waals surface area (Å²) in [7, 11) is 0. The summed E-state index contributed by atoms with van der Waals surface area (Å²) < 4.78 is 1.73. The summed E-state index contributed by atoms with van der Waals surface area (Å²) in [5, 5.41) is 13.6. The third-order valence-corrected chi connectivity index (χ3v) is 5.89. The monoisotopic (exact) mass is 392 g/mol. The van der Waals surface area contributed by atoms with Gasteiger partial charge in [0.05, 0.1) is 11.4 Å². The van der Waals surface area contributed by atoms with E-state index in [9.17, 15) is 4.79 Å². The van der Waals surface area contributed by atoms with Crippen molar-refractivity contribution >= 4 is 16.7 Å². The summed E-state index contributed by atoms with van der Waals surface area (Å²) in [6, 6.07) is 7.90. The number of nitrogens with zero attached hydrogens (tertiary/aromatic N) is 5. The average Bonchev–Trinajstić information content (AvgIpc) is 3.13. The third kappa shape index (κ3) is 3.87. The van der Waals surface area contributed by atoms with E-state index in [1.807, 2.05) is 37.4 Å². The lowest BCUT2D eigenvalue weighted by Gasteiger charge is -2.41. The van der Waals surface area contributed by atoms with Gasteiger partial charge in [0.1, 0.15) is 0 Å². The van der Waals surface area contributed by atoms with Crippen LogP contribution in [0.2, 0.25) is 0 Å². The van der Waals surface area contributed by atoms with Crippen LogP contribution in [0, 0.1) is 6.92 Å². The molecular formula is C22H28N6O. The smallest absolute Gasteiger partial charge is 0.273 e. The fraction of sp³-hybridized carbons (Fsp3) is 0.455. The van der Waals surface area contributed by atoms with Crippen molar-refractivity contribution in [1.29, 1.82) is 0 Å². The SMILES string of the molecule is Cc1c(C(=O)NCC(C)(C)N2CCCCC2)nnn1-c1cccc2cnccc12. The Hall–Kier alpha value is -2.80. The van der Waals surface area contributed by atoms with Crippen molar-refractivity contribution in [3.05, 3.63) is 48.0 Å². The van der Waals surface area contributed by atoms with E-state index in [-0.39, 0.29) is 11.4 Å². The number of hydrogen-bond donors (Lipinski definition) is 1. The average molecular weight is 393 g/mol. The number of nitrogens with one attached hydrogen (secondary N) is 1. The Morgan fingerprint density at radius 1 is 1.17 bits per heavy atom. The van der Waals surface area contributed by atoms with E-state index in [4.69, 9.17) is 0 Å². The fourth-order valence-electron chi connectivity index (χ4n) is 4.05. The van der Waals surface area contributed by atoms with Crippen LogP contribution in [-0.4, -0.2) is 56.0 Å². The number of benzene rings is 1. The molecule has 0 spiro atoms. The molecule has 1 amide bonds. The second kappa shape index (κ2) is 7.91. The summed E-state index contributed by atoms with van der Waals surface area (Å²) in [6.45, 7) is 9.02. The Kier molecular flexibility index (Phi) is 5.32. The van der Waals surface area contributed by atoms with Crippen LogP contribution in [0.3, 0.4) is 0 Å². The van der Waals surface area contributed by atoms with Gasteiger partial charge in [0.15, 0.2) is 5.69 Å². The molecule has 1 aliphatic heterocycles. The number of likely N-dealkylation sites (tertiary alicyclic amines) is 1. The van der Waals surface area contributed by atoms with Gasteiger partial charge in [-0.2, -0.15) is 0 Å². The molecule has 0 atom stereocenters. The summed E-state index contributed by atoms with van der Waals surface area (Å²) in [4.78, 5) is 19.5. The predicted octanol–water partition coefficient (Wildman–Crippen LogP) is 3.12. The molecule has 3 heterocycles. The Bertz CT molecular complexity index is 1010. The molecular weight excluding hydrogens is 364 g/mol. The van der Waals surface area contributed by atoms with Crippen LogP contribution in [0.5, 0.6) is 0 Å².